The Bertz CT molecular complexity index is 824. The molecule has 2 rings (SSSR count). The third kappa shape index (κ3) is 7.52. The van der Waals surface area contributed by atoms with Crippen LogP contribution in [-0.2, 0) is 25.5 Å². The van der Waals surface area contributed by atoms with Crippen LogP contribution in [-0.4, -0.2) is 24.4 Å². The van der Waals surface area contributed by atoms with Crippen LogP contribution in [0.2, 0.25) is 0 Å². The summed E-state index contributed by atoms with van der Waals surface area (Å²) in [6.45, 7) is 1.64. The molecular formula is C21H23BrN2O4. The van der Waals surface area contributed by atoms with Gasteiger partial charge in [0.25, 0.3) is 5.91 Å². The van der Waals surface area contributed by atoms with Gasteiger partial charge in [0, 0.05) is 28.7 Å². The largest absolute Gasteiger partial charge is 0.456 e. The molecule has 0 saturated carbocycles. The van der Waals surface area contributed by atoms with E-state index in [1.807, 2.05) is 37.3 Å². The van der Waals surface area contributed by atoms with Crippen LogP contribution < -0.4 is 10.6 Å². The van der Waals surface area contributed by atoms with E-state index in [2.05, 4.69) is 26.6 Å². The number of benzene rings is 2. The maximum atomic E-state index is 12.0. The summed E-state index contributed by atoms with van der Waals surface area (Å²) >= 11 is 3.40. The average molecular weight is 447 g/mol. The van der Waals surface area contributed by atoms with Gasteiger partial charge in [-0.1, -0.05) is 41.1 Å². The number of hydrogen-bond acceptors (Lipinski definition) is 4. The van der Waals surface area contributed by atoms with Crippen LogP contribution in [0, 0.1) is 0 Å². The van der Waals surface area contributed by atoms with E-state index in [1.54, 1.807) is 18.2 Å². The summed E-state index contributed by atoms with van der Waals surface area (Å²) in [4.78, 5) is 35.6. The minimum absolute atomic E-state index is 0.0774. The van der Waals surface area contributed by atoms with Crippen molar-refractivity contribution in [1.29, 1.82) is 0 Å². The molecule has 2 aromatic carbocycles. The minimum Gasteiger partial charge on any atom is -0.456 e. The molecular weight excluding hydrogens is 424 g/mol. The number of ether oxygens (including phenoxy) is 1. The van der Waals surface area contributed by atoms with Crippen molar-refractivity contribution in [2.24, 2.45) is 0 Å². The fraction of sp³-hybridized carbons (Fsp3) is 0.286. The molecule has 0 aliphatic carbocycles. The molecule has 0 atom stereocenters. The first-order valence-corrected chi connectivity index (χ1v) is 9.86. The summed E-state index contributed by atoms with van der Waals surface area (Å²) < 4.78 is 5.92. The predicted molar refractivity (Wildman–Crippen MR) is 112 cm³/mol. The minimum atomic E-state index is -0.505. The lowest BCUT2D eigenvalue weighted by Crippen LogP contribution is -2.21. The Morgan fingerprint density at radius 3 is 2.43 bits per heavy atom. The van der Waals surface area contributed by atoms with Gasteiger partial charge in [-0.2, -0.15) is 0 Å². The molecule has 2 N–H and O–H groups in total. The van der Waals surface area contributed by atoms with E-state index in [0.29, 0.717) is 17.8 Å². The Kier molecular flexibility index (Phi) is 8.68. The molecule has 6 nitrogen and oxygen atoms in total. The highest BCUT2D eigenvalue weighted by atomic mass is 79.9. The van der Waals surface area contributed by atoms with Gasteiger partial charge in [0.1, 0.15) is 0 Å². The first-order chi connectivity index (χ1) is 13.5. The maximum absolute atomic E-state index is 12.0. The Morgan fingerprint density at radius 2 is 1.71 bits per heavy atom. The van der Waals surface area contributed by atoms with E-state index >= 15 is 0 Å². The van der Waals surface area contributed by atoms with Crippen molar-refractivity contribution in [3.05, 3.63) is 58.6 Å². The molecule has 28 heavy (non-hydrogen) atoms. The summed E-state index contributed by atoms with van der Waals surface area (Å²) in [5.74, 6) is -1.07. The molecule has 0 aliphatic rings. The third-order valence-corrected chi connectivity index (χ3v) is 4.42. The highest BCUT2D eigenvalue weighted by molar-refractivity contribution is 9.10. The summed E-state index contributed by atoms with van der Waals surface area (Å²) in [6.07, 6.45) is 1.40. The lowest BCUT2D eigenvalue weighted by Gasteiger charge is -2.11. The number of amides is 2. The lowest BCUT2D eigenvalue weighted by molar-refractivity contribution is -0.147. The zero-order valence-corrected chi connectivity index (χ0v) is 17.3. The van der Waals surface area contributed by atoms with Gasteiger partial charge < -0.3 is 15.4 Å². The normalized spacial score (nSPS) is 10.2. The van der Waals surface area contributed by atoms with E-state index in [1.165, 1.54) is 0 Å². The van der Waals surface area contributed by atoms with Crippen molar-refractivity contribution in [3.63, 3.8) is 0 Å². The topological polar surface area (TPSA) is 84.5 Å². The van der Waals surface area contributed by atoms with E-state index in [9.17, 15) is 14.4 Å². The van der Waals surface area contributed by atoms with Crippen molar-refractivity contribution < 1.29 is 19.1 Å². The highest BCUT2D eigenvalue weighted by Crippen LogP contribution is 2.21. The number of anilines is 2. The molecule has 7 heteroatoms. The van der Waals surface area contributed by atoms with Crippen molar-refractivity contribution >= 4 is 45.1 Å². The van der Waals surface area contributed by atoms with Gasteiger partial charge in [0.05, 0.1) is 0 Å². The highest BCUT2D eigenvalue weighted by Gasteiger charge is 2.11. The monoisotopic (exact) mass is 446 g/mol. The summed E-state index contributed by atoms with van der Waals surface area (Å²) in [5.41, 5.74) is 2.40. The number of nitrogens with one attached hydrogen (secondary N) is 2. The third-order valence-electron chi connectivity index (χ3n) is 3.93. The van der Waals surface area contributed by atoms with Gasteiger partial charge in [-0.25, -0.2) is 0 Å². The average Bonchev–Trinajstić information content (AvgIpc) is 2.68. The van der Waals surface area contributed by atoms with Crippen LogP contribution in [0.5, 0.6) is 0 Å². The van der Waals surface area contributed by atoms with E-state index in [4.69, 9.17) is 4.74 Å². The van der Waals surface area contributed by atoms with Crippen LogP contribution in [0.3, 0.4) is 0 Å². The van der Waals surface area contributed by atoms with E-state index in [-0.39, 0.29) is 25.4 Å². The lowest BCUT2D eigenvalue weighted by atomic mass is 10.1. The molecule has 2 aromatic rings. The van der Waals surface area contributed by atoms with E-state index in [0.717, 1.165) is 16.5 Å². The Balaban J connectivity index is 1.66. The van der Waals surface area contributed by atoms with Crippen LogP contribution in [0.25, 0.3) is 0 Å². The van der Waals surface area contributed by atoms with Crippen molar-refractivity contribution in [2.75, 3.05) is 17.2 Å². The maximum Gasteiger partial charge on any atom is 0.306 e. The molecule has 0 bridgehead atoms. The van der Waals surface area contributed by atoms with Crippen molar-refractivity contribution in [2.45, 2.75) is 32.6 Å². The van der Waals surface area contributed by atoms with Crippen LogP contribution in [0.1, 0.15) is 31.7 Å². The molecule has 0 unspecified atom stereocenters. The number of rotatable bonds is 9. The molecule has 0 radical (unpaired) electrons. The SMILES string of the molecule is CCc1cc(Br)ccc1NC(=O)COC(=O)CCCC(=O)Nc1ccccc1. The number of esters is 1. The second kappa shape index (κ2) is 11.2. The summed E-state index contributed by atoms with van der Waals surface area (Å²) in [5, 5.41) is 5.49. The molecule has 0 fully saturated rings. The summed E-state index contributed by atoms with van der Waals surface area (Å²) in [6, 6.07) is 14.7. The molecule has 148 valence electrons. The fourth-order valence-corrected chi connectivity index (χ4v) is 2.93. The van der Waals surface area contributed by atoms with Gasteiger partial charge in [-0.3, -0.25) is 14.4 Å². The van der Waals surface area contributed by atoms with Gasteiger partial charge >= 0.3 is 5.97 Å². The first kappa shape index (κ1) is 21.6. The quantitative estimate of drug-likeness (QED) is 0.562. The summed E-state index contributed by atoms with van der Waals surface area (Å²) in [7, 11) is 0. The number of aryl methyl sites for hydroxylation is 1. The second-order valence-electron chi connectivity index (χ2n) is 6.13. The fourth-order valence-electron chi connectivity index (χ4n) is 2.52. The number of para-hydroxylation sites is 1. The number of halogens is 1. The molecule has 0 spiro atoms. The zero-order chi connectivity index (χ0) is 20.4. The Labute approximate surface area is 172 Å². The molecule has 0 heterocycles. The van der Waals surface area contributed by atoms with Crippen LogP contribution >= 0.6 is 15.9 Å². The van der Waals surface area contributed by atoms with E-state index < -0.39 is 11.9 Å². The standard InChI is InChI=1S/C21H23BrN2O4/c1-2-15-13-16(22)11-12-18(15)24-20(26)14-28-21(27)10-6-9-19(25)23-17-7-4-3-5-8-17/h3-5,7-8,11-13H,2,6,9-10,14H2,1H3,(H,23,25)(H,24,26). The van der Waals surface area contributed by atoms with Gasteiger partial charge in [-0.05, 0) is 48.7 Å². The molecule has 0 aromatic heterocycles. The first-order valence-electron chi connectivity index (χ1n) is 9.06. The number of carbonyl (C=O) groups is 3. The Morgan fingerprint density at radius 1 is 0.964 bits per heavy atom. The van der Waals surface area contributed by atoms with Crippen LogP contribution in [0.15, 0.2) is 53.0 Å². The Hall–Kier alpha value is -2.67. The molecule has 0 saturated heterocycles. The van der Waals surface area contributed by atoms with Crippen molar-refractivity contribution in [1.82, 2.24) is 0 Å². The second-order valence-corrected chi connectivity index (χ2v) is 7.05. The molecule has 2 amide bonds. The van der Waals surface area contributed by atoms with Gasteiger partial charge in [-0.15, -0.1) is 0 Å². The number of carbonyl (C=O) groups excluding carboxylic acids is 3. The van der Waals surface area contributed by atoms with Gasteiger partial charge in [0.15, 0.2) is 6.61 Å². The zero-order valence-electron chi connectivity index (χ0n) is 15.7. The van der Waals surface area contributed by atoms with Crippen molar-refractivity contribution in [3.8, 4) is 0 Å². The van der Waals surface area contributed by atoms with Crippen LogP contribution in [0.4, 0.5) is 11.4 Å². The van der Waals surface area contributed by atoms with Gasteiger partial charge in [0.2, 0.25) is 5.91 Å². The predicted octanol–water partition coefficient (Wildman–Crippen LogP) is 4.30. The smallest absolute Gasteiger partial charge is 0.306 e. The molecule has 0 aliphatic heterocycles. The number of hydrogen-bond donors (Lipinski definition) is 2.